The number of carboxylic acids is 1. The number of aliphatic imine (C=N–C) groups is 1. The second kappa shape index (κ2) is 12.5. The molecule has 1 aromatic rings. The molecule has 148 valence electrons. The Morgan fingerprint density at radius 1 is 1.41 bits per heavy atom. The van der Waals surface area contributed by atoms with Gasteiger partial charge < -0.3 is 20.1 Å². The molecule has 0 aromatic heterocycles. The molecule has 7 nitrogen and oxygen atoms in total. The van der Waals surface area contributed by atoms with Crippen molar-refractivity contribution in [3.63, 3.8) is 0 Å². The zero-order valence-corrected chi connectivity index (χ0v) is 16.2. The van der Waals surface area contributed by atoms with E-state index in [1.807, 2.05) is 12.2 Å². The average Bonchev–Trinajstić information content (AvgIpc) is 2.68. The highest BCUT2D eigenvalue weighted by Crippen LogP contribution is 2.19. The first kappa shape index (κ1) is 22.2. The Morgan fingerprint density at radius 3 is 2.78 bits per heavy atom. The van der Waals surface area contributed by atoms with Crippen LogP contribution in [0.5, 0.6) is 5.75 Å². The molecule has 1 atom stereocenters. The highest BCUT2D eigenvalue weighted by Gasteiger charge is 2.13. The maximum atomic E-state index is 11.2. The number of carbonyl (C=O) groups is 2. The van der Waals surface area contributed by atoms with E-state index < -0.39 is 5.97 Å². The first-order valence-electron chi connectivity index (χ1n) is 9.03. The molecule has 2 N–H and O–H groups in total. The topological polar surface area (TPSA) is 91.2 Å². The van der Waals surface area contributed by atoms with Crippen molar-refractivity contribution >= 4 is 18.2 Å². The molecule has 1 aromatic carbocycles. The van der Waals surface area contributed by atoms with Crippen molar-refractivity contribution in [2.75, 3.05) is 33.3 Å². The van der Waals surface area contributed by atoms with Crippen LogP contribution in [0.15, 0.2) is 41.4 Å². The van der Waals surface area contributed by atoms with Crippen LogP contribution in [0.1, 0.15) is 30.6 Å². The molecule has 1 amide bonds. The molecule has 7 heteroatoms. The van der Waals surface area contributed by atoms with Crippen molar-refractivity contribution in [1.82, 2.24) is 10.2 Å². The van der Waals surface area contributed by atoms with Gasteiger partial charge in [0, 0.05) is 26.7 Å². The van der Waals surface area contributed by atoms with Gasteiger partial charge in [-0.1, -0.05) is 25.1 Å². The summed E-state index contributed by atoms with van der Waals surface area (Å²) in [5.41, 5.74) is 0.175. The minimum absolute atomic E-state index is 0.175. The average molecular weight is 375 g/mol. The van der Waals surface area contributed by atoms with Crippen LogP contribution >= 0.6 is 0 Å². The summed E-state index contributed by atoms with van der Waals surface area (Å²) in [7, 11) is 1.74. The number of aromatic carboxylic acids is 1. The Balaban J connectivity index is 2.54. The maximum Gasteiger partial charge on any atom is 0.339 e. The number of amides is 1. The molecule has 1 unspecified atom stereocenters. The lowest BCUT2D eigenvalue weighted by atomic mass is 10.1. The molecule has 0 aliphatic rings. The molecule has 0 saturated heterocycles. The van der Waals surface area contributed by atoms with Gasteiger partial charge in [-0.15, -0.1) is 0 Å². The number of amidine groups is 1. The summed E-state index contributed by atoms with van der Waals surface area (Å²) in [6, 6.07) is 6.66. The monoisotopic (exact) mass is 375 g/mol. The van der Waals surface area contributed by atoms with E-state index in [9.17, 15) is 14.7 Å². The number of nitrogens with zero attached hydrogens (tertiary/aromatic N) is 2. The summed E-state index contributed by atoms with van der Waals surface area (Å²) >= 11 is 0. The summed E-state index contributed by atoms with van der Waals surface area (Å²) in [5.74, 6) is 0.509. The van der Waals surface area contributed by atoms with Gasteiger partial charge in [-0.3, -0.25) is 9.79 Å². The van der Waals surface area contributed by atoms with E-state index in [2.05, 4.69) is 29.1 Å². The summed E-state index contributed by atoms with van der Waals surface area (Å²) in [6.07, 6.45) is 5.29. The van der Waals surface area contributed by atoms with Crippen LogP contribution in [0.25, 0.3) is 0 Å². The lowest BCUT2D eigenvalue weighted by Gasteiger charge is -2.24. The molecule has 0 fully saturated rings. The number of benzene rings is 1. The Kier molecular flexibility index (Phi) is 10.3. The third-order valence-corrected chi connectivity index (χ3v) is 4.05. The van der Waals surface area contributed by atoms with E-state index in [4.69, 9.17) is 4.74 Å². The van der Waals surface area contributed by atoms with E-state index in [1.165, 1.54) is 6.07 Å². The quantitative estimate of drug-likeness (QED) is 0.253. The second-order valence-electron chi connectivity index (χ2n) is 6.10. The number of carbonyl (C=O) groups excluding carboxylic acids is 1. The lowest BCUT2D eigenvalue weighted by Crippen LogP contribution is -2.32. The van der Waals surface area contributed by atoms with Gasteiger partial charge in [0.25, 0.3) is 0 Å². The number of nitrogens with one attached hydrogen (secondary N) is 1. The SMILES string of the molecule is CCN(CCC(C)COc1ccccc1C(=O)O)C(/C=C\CNC=O)=NC. The fourth-order valence-electron chi connectivity index (χ4n) is 2.50. The third kappa shape index (κ3) is 7.94. The Labute approximate surface area is 160 Å². The van der Waals surface area contributed by atoms with Gasteiger partial charge >= 0.3 is 5.97 Å². The van der Waals surface area contributed by atoms with E-state index in [0.717, 1.165) is 25.3 Å². The molecule has 0 spiro atoms. The van der Waals surface area contributed by atoms with Crippen molar-refractivity contribution in [3.8, 4) is 5.75 Å². The summed E-state index contributed by atoms with van der Waals surface area (Å²) in [6.45, 7) is 6.66. The van der Waals surface area contributed by atoms with E-state index >= 15 is 0 Å². The van der Waals surface area contributed by atoms with Crippen LogP contribution in [0.2, 0.25) is 0 Å². The Hall–Kier alpha value is -2.83. The third-order valence-electron chi connectivity index (χ3n) is 4.05. The van der Waals surface area contributed by atoms with Gasteiger partial charge in [0.15, 0.2) is 0 Å². The highest BCUT2D eigenvalue weighted by molar-refractivity contribution is 5.93. The predicted molar refractivity (Wildman–Crippen MR) is 106 cm³/mol. The van der Waals surface area contributed by atoms with Gasteiger partial charge in [-0.25, -0.2) is 4.79 Å². The van der Waals surface area contributed by atoms with E-state index in [1.54, 1.807) is 25.2 Å². The Bertz CT molecular complexity index is 658. The molecule has 1 rings (SSSR count). The molecule has 0 heterocycles. The maximum absolute atomic E-state index is 11.2. The smallest absolute Gasteiger partial charge is 0.339 e. The molecule has 0 radical (unpaired) electrons. The lowest BCUT2D eigenvalue weighted by molar-refractivity contribution is -0.109. The van der Waals surface area contributed by atoms with Gasteiger partial charge in [0.05, 0.1) is 6.61 Å². The van der Waals surface area contributed by atoms with Crippen LogP contribution in [0, 0.1) is 5.92 Å². The van der Waals surface area contributed by atoms with E-state index in [-0.39, 0.29) is 11.5 Å². The number of hydrogen-bond donors (Lipinski definition) is 2. The van der Waals surface area contributed by atoms with Gasteiger partial charge in [-0.2, -0.15) is 0 Å². The van der Waals surface area contributed by atoms with Crippen LogP contribution in [0.4, 0.5) is 0 Å². The fourth-order valence-corrected chi connectivity index (χ4v) is 2.50. The summed E-state index contributed by atoms with van der Waals surface area (Å²) in [4.78, 5) is 28.0. The van der Waals surface area contributed by atoms with E-state index in [0.29, 0.717) is 25.3 Å². The Morgan fingerprint density at radius 2 is 2.15 bits per heavy atom. The van der Waals surface area contributed by atoms with Gasteiger partial charge in [-0.05, 0) is 37.5 Å². The first-order chi connectivity index (χ1) is 13.0. The van der Waals surface area contributed by atoms with Crippen molar-refractivity contribution in [2.45, 2.75) is 20.3 Å². The van der Waals surface area contributed by atoms with Gasteiger partial charge in [0.1, 0.15) is 17.1 Å². The molecule has 0 saturated carbocycles. The number of ether oxygens (including phenoxy) is 1. The van der Waals surface area contributed by atoms with Crippen molar-refractivity contribution < 1.29 is 19.4 Å². The van der Waals surface area contributed by atoms with Gasteiger partial charge in [0.2, 0.25) is 6.41 Å². The van der Waals surface area contributed by atoms with Crippen molar-refractivity contribution in [3.05, 3.63) is 42.0 Å². The zero-order valence-electron chi connectivity index (χ0n) is 16.2. The van der Waals surface area contributed by atoms with Crippen molar-refractivity contribution in [1.29, 1.82) is 0 Å². The zero-order chi connectivity index (χ0) is 20.1. The molecule has 27 heavy (non-hydrogen) atoms. The number of hydrogen-bond acceptors (Lipinski definition) is 4. The van der Waals surface area contributed by atoms with Crippen LogP contribution in [0.3, 0.4) is 0 Å². The summed E-state index contributed by atoms with van der Waals surface area (Å²) < 4.78 is 5.72. The number of likely N-dealkylation sites (N-methyl/N-ethyl adjacent to an activating group) is 1. The number of rotatable bonds is 12. The van der Waals surface area contributed by atoms with Crippen molar-refractivity contribution in [2.24, 2.45) is 10.9 Å². The predicted octanol–water partition coefficient (Wildman–Crippen LogP) is 2.44. The molecule has 0 aliphatic heterocycles. The standard InChI is InChI=1S/C20H29N3O4/c1-4-23(19(21-3)10-7-12-22-15-24)13-11-16(2)14-27-18-9-6-5-8-17(18)20(25)26/h5-10,15-16H,4,11-14H2,1-3H3,(H,22,24)(H,25,26)/b10-7-,21-19?. The minimum Gasteiger partial charge on any atom is -0.492 e. The largest absolute Gasteiger partial charge is 0.492 e. The molecule has 0 bridgehead atoms. The number of para-hydroxylation sites is 1. The second-order valence-corrected chi connectivity index (χ2v) is 6.10. The van der Waals surface area contributed by atoms with Crippen LogP contribution in [-0.2, 0) is 4.79 Å². The van der Waals surface area contributed by atoms with Crippen LogP contribution < -0.4 is 10.1 Å². The van der Waals surface area contributed by atoms with Crippen LogP contribution in [-0.4, -0.2) is 61.5 Å². The minimum atomic E-state index is -0.991. The number of carboxylic acid groups (broad SMARTS) is 1. The summed E-state index contributed by atoms with van der Waals surface area (Å²) in [5, 5.41) is 11.8. The molecular weight excluding hydrogens is 346 g/mol. The highest BCUT2D eigenvalue weighted by atomic mass is 16.5. The molecule has 0 aliphatic carbocycles. The fraction of sp³-hybridized carbons (Fsp3) is 0.450. The molecular formula is C20H29N3O4. The normalized spacial score (nSPS) is 12.6. The first-order valence-corrected chi connectivity index (χ1v) is 9.03.